The second kappa shape index (κ2) is 10.2. The third-order valence-corrected chi connectivity index (χ3v) is 4.47. The van der Waals surface area contributed by atoms with E-state index >= 15 is 0 Å². The molecule has 7 heteroatoms. The molecule has 1 unspecified atom stereocenters. The lowest BCUT2D eigenvalue weighted by molar-refractivity contribution is 0.693. The molecule has 2 aromatic heterocycles. The lowest BCUT2D eigenvalue weighted by Crippen LogP contribution is -2.40. The number of benzene rings is 1. The average molecular weight is 478 g/mol. The van der Waals surface area contributed by atoms with Crippen molar-refractivity contribution in [3.05, 3.63) is 65.6 Å². The molecule has 144 valence electrons. The molecule has 1 atom stereocenters. The fourth-order valence-corrected chi connectivity index (χ4v) is 2.84. The van der Waals surface area contributed by atoms with Gasteiger partial charge in [-0.25, -0.2) is 0 Å². The number of guanidine groups is 1. The van der Waals surface area contributed by atoms with Crippen LogP contribution < -0.4 is 10.6 Å². The van der Waals surface area contributed by atoms with Crippen molar-refractivity contribution in [3.63, 3.8) is 0 Å². The van der Waals surface area contributed by atoms with Crippen LogP contribution in [0.25, 0.3) is 5.65 Å². The van der Waals surface area contributed by atoms with Gasteiger partial charge in [-0.05, 0) is 30.5 Å². The standard InChI is InChI=1S/C20H26N6.HI/c1-15-7-9-17(10-8-15)16(2)14-23-20(21-3)22-12-11-19-25-24-18-6-4-5-13-26(18)19;/h4-10,13,16H,11-12,14H2,1-3H3,(H2,21,22,23);1H. The van der Waals surface area contributed by atoms with Crippen LogP contribution >= 0.6 is 24.0 Å². The number of halogens is 1. The summed E-state index contributed by atoms with van der Waals surface area (Å²) in [6.45, 7) is 5.90. The van der Waals surface area contributed by atoms with Gasteiger partial charge in [-0.2, -0.15) is 0 Å². The van der Waals surface area contributed by atoms with Crippen LogP contribution in [0, 0.1) is 6.92 Å². The summed E-state index contributed by atoms with van der Waals surface area (Å²) in [6, 6.07) is 14.6. The van der Waals surface area contributed by atoms with Gasteiger partial charge in [0.05, 0.1) is 0 Å². The average Bonchev–Trinajstić information content (AvgIpc) is 3.08. The molecule has 2 heterocycles. The Bertz CT molecular complexity index is 872. The predicted molar refractivity (Wildman–Crippen MR) is 121 cm³/mol. The summed E-state index contributed by atoms with van der Waals surface area (Å²) < 4.78 is 2.01. The van der Waals surface area contributed by atoms with Gasteiger partial charge in [0, 0.05) is 32.8 Å². The lowest BCUT2D eigenvalue weighted by atomic mass is 10.0. The van der Waals surface area contributed by atoms with E-state index in [1.165, 1.54) is 11.1 Å². The number of aryl methyl sites for hydroxylation is 1. The van der Waals surface area contributed by atoms with Crippen LogP contribution in [0.5, 0.6) is 0 Å². The number of nitrogens with zero attached hydrogens (tertiary/aromatic N) is 4. The predicted octanol–water partition coefficient (Wildman–Crippen LogP) is 3.17. The van der Waals surface area contributed by atoms with Gasteiger partial charge in [0.15, 0.2) is 11.6 Å². The summed E-state index contributed by atoms with van der Waals surface area (Å²) in [5, 5.41) is 15.2. The van der Waals surface area contributed by atoms with Crippen molar-refractivity contribution >= 4 is 35.6 Å². The molecule has 0 saturated carbocycles. The number of rotatable bonds is 6. The molecule has 0 aliphatic carbocycles. The first-order valence-corrected chi connectivity index (χ1v) is 8.97. The molecule has 0 fully saturated rings. The summed E-state index contributed by atoms with van der Waals surface area (Å²) in [5.41, 5.74) is 3.48. The summed E-state index contributed by atoms with van der Waals surface area (Å²) in [7, 11) is 1.79. The Morgan fingerprint density at radius 2 is 1.89 bits per heavy atom. The number of nitrogens with one attached hydrogen (secondary N) is 2. The van der Waals surface area contributed by atoms with Crippen molar-refractivity contribution in [2.75, 3.05) is 20.1 Å². The molecule has 0 bridgehead atoms. The zero-order valence-corrected chi connectivity index (χ0v) is 18.3. The number of aromatic nitrogens is 3. The Hall–Kier alpha value is -2.16. The monoisotopic (exact) mass is 478 g/mol. The molecule has 0 aliphatic rings. The van der Waals surface area contributed by atoms with Gasteiger partial charge in [0.2, 0.25) is 0 Å². The van der Waals surface area contributed by atoms with E-state index in [9.17, 15) is 0 Å². The van der Waals surface area contributed by atoms with E-state index in [0.29, 0.717) is 5.92 Å². The number of pyridine rings is 1. The van der Waals surface area contributed by atoms with E-state index in [4.69, 9.17) is 0 Å². The first kappa shape index (κ1) is 21.1. The van der Waals surface area contributed by atoms with Crippen molar-refractivity contribution in [2.24, 2.45) is 4.99 Å². The van der Waals surface area contributed by atoms with Crippen LogP contribution in [0.4, 0.5) is 0 Å². The molecule has 0 spiro atoms. The minimum atomic E-state index is 0. The number of fused-ring (bicyclic) bond motifs is 1. The van der Waals surface area contributed by atoms with Gasteiger partial charge in [-0.15, -0.1) is 34.2 Å². The Balaban J connectivity index is 0.00000261. The number of hydrogen-bond donors (Lipinski definition) is 2. The molecule has 0 amide bonds. The van der Waals surface area contributed by atoms with Gasteiger partial charge >= 0.3 is 0 Å². The Morgan fingerprint density at radius 3 is 2.63 bits per heavy atom. The molecule has 2 N–H and O–H groups in total. The van der Waals surface area contributed by atoms with Gasteiger partial charge in [-0.1, -0.05) is 42.8 Å². The Labute approximate surface area is 177 Å². The number of hydrogen-bond acceptors (Lipinski definition) is 3. The Morgan fingerprint density at radius 1 is 1.11 bits per heavy atom. The highest BCUT2D eigenvalue weighted by atomic mass is 127. The van der Waals surface area contributed by atoms with E-state index in [-0.39, 0.29) is 24.0 Å². The van der Waals surface area contributed by atoms with E-state index in [2.05, 4.69) is 63.9 Å². The largest absolute Gasteiger partial charge is 0.356 e. The molecular formula is C20H27IN6. The summed E-state index contributed by atoms with van der Waals surface area (Å²) in [4.78, 5) is 4.30. The van der Waals surface area contributed by atoms with Gasteiger partial charge in [0.1, 0.15) is 5.82 Å². The molecular weight excluding hydrogens is 451 g/mol. The summed E-state index contributed by atoms with van der Waals surface area (Å²) in [6.07, 6.45) is 2.76. The lowest BCUT2D eigenvalue weighted by Gasteiger charge is -2.16. The maximum Gasteiger partial charge on any atom is 0.191 e. The van der Waals surface area contributed by atoms with Crippen LogP contribution in [0.3, 0.4) is 0 Å². The maximum atomic E-state index is 4.30. The topological polar surface area (TPSA) is 66.6 Å². The van der Waals surface area contributed by atoms with Crippen molar-refractivity contribution in [1.82, 2.24) is 25.2 Å². The molecule has 0 saturated heterocycles. The quantitative estimate of drug-likeness (QED) is 0.325. The summed E-state index contributed by atoms with van der Waals surface area (Å²) in [5.74, 6) is 2.16. The highest BCUT2D eigenvalue weighted by molar-refractivity contribution is 14.0. The van der Waals surface area contributed by atoms with E-state index in [1.54, 1.807) is 7.05 Å². The second-order valence-electron chi connectivity index (χ2n) is 6.49. The molecule has 27 heavy (non-hydrogen) atoms. The minimum Gasteiger partial charge on any atom is -0.356 e. The fourth-order valence-electron chi connectivity index (χ4n) is 2.84. The third kappa shape index (κ3) is 5.66. The van der Waals surface area contributed by atoms with Crippen LogP contribution in [-0.2, 0) is 6.42 Å². The first-order valence-electron chi connectivity index (χ1n) is 8.97. The number of aliphatic imine (C=N–C) groups is 1. The zero-order chi connectivity index (χ0) is 18.4. The van der Waals surface area contributed by atoms with Crippen molar-refractivity contribution in [2.45, 2.75) is 26.2 Å². The van der Waals surface area contributed by atoms with Crippen molar-refractivity contribution in [3.8, 4) is 0 Å². The highest BCUT2D eigenvalue weighted by Crippen LogP contribution is 2.14. The van der Waals surface area contributed by atoms with E-state index in [0.717, 1.165) is 36.9 Å². The molecule has 0 radical (unpaired) electrons. The second-order valence-corrected chi connectivity index (χ2v) is 6.49. The molecule has 1 aromatic carbocycles. The molecule has 0 aliphatic heterocycles. The fraction of sp³-hybridized carbons (Fsp3) is 0.350. The Kier molecular flexibility index (Phi) is 8.02. The zero-order valence-electron chi connectivity index (χ0n) is 16.0. The van der Waals surface area contributed by atoms with Crippen molar-refractivity contribution < 1.29 is 0 Å². The molecule has 3 aromatic rings. The molecule has 6 nitrogen and oxygen atoms in total. The van der Waals surface area contributed by atoms with Crippen LogP contribution in [0.15, 0.2) is 53.7 Å². The van der Waals surface area contributed by atoms with Crippen LogP contribution in [0.1, 0.15) is 29.8 Å². The maximum absolute atomic E-state index is 4.30. The molecule has 3 rings (SSSR count). The highest BCUT2D eigenvalue weighted by Gasteiger charge is 2.08. The minimum absolute atomic E-state index is 0. The normalized spacial score (nSPS) is 12.5. The van der Waals surface area contributed by atoms with Crippen LogP contribution in [0.2, 0.25) is 0 Å². The van der Waals surface area contributed by atoms with Gasteiger partial charge in [-0.3, -0.25) is 9.39 Å². The van der Waals surface area contributed by atoms with Gasteiger partial charge < -0.3 is 10.6 Å². The smallest absolute Gasteiger partial charge is 0.191 e. The first-order chi connectivity index (χ1) is 12.7. The third-order valence-electron chi connectivity index (χ3n) is 4.47. The van der Waals surface area contributed by atoms with Gasteiger partial charge in [0.25, 0.3) is 0 Å². The SMILES string of the molecule is CN=C(NCCc1nnc2ccccn12)NCC(C)c1ccc(C)cc1.I. The van der Waals surface area contributed by atoms with Crippen LogP contribution in [-0.4, -0.2) is 40.7 Å². The van der Waals surface area contributed by atoms with E-state index in [1.807, 2.05) is 28.8 Å². The van der Waals surface area contributed by atoms with E-state index < -0.39 is 0 Å². The van der Waals surface area contributed by atoms with Crippen molar-refractivity contribution in [1.29, 1.82) is 0 Å². The summed E-state index contributed by atoms with van der Waals surface area (Å²) >= 11 is 0.